The molecule has 0 heterocycles. The molecule has 0 fully saturated rings. The van der Waals surface area contributed by atoms with E-state index in [1.165, 1.54) is 0 Å². The maximum Gasteiger partial charge on any atom is 0.241 e. The Morgan fingerprint density at radius 3 is 2.29 bits per heavy atom. The van der Waals surface area contributed by atoms with E-state index in [1.54, 1.807) is 26.0 Å². The van der Waals surface area contributed by atoms with Gasteiger partial charge in [0.1, 0.15) is 0 Å². The predicted molar refractivity (Wildman–Crippen MR) is 70.5 cm³/mol. The van der Waals surface area contributed by atoms with E-state index in [0.717, 1.165) is 0 Å². The number of nitrogens with one attached hydrogen (secondary N) is 1. The van der Waals surface area contributed by atoms with Gasteiger partial charge in [0.25, 0.3) is 0 Å². The van der Waals surface area contributed by atoms with Crippen LogP contribution in [0.25, 0.3) is 0 Å². The molecule has 6 heteroatoms. The highest BCUT2D eigenvalue weighted by atomic mass is 35.5. The quantitative estimate of drug-likeness (QED) is 0.824. The van der Waals surface area contributed by atoms with Gasteiger partial charge in [-0.05, 0) is 37.1 Å². The number of benzene rings is 1. The van der Waals surface area contributed by atoms with Gasteiger partial charge in [-0.15, -0.1) is 0 Å². The van der Waals surface area contributed by atoms with E-state index in [1.807, 2.05) is 0 Å². The van der Waals surface area contributed by atoms with E-state index in [-0.39, 0.29) is 16.5 Å². The van der Waals surface area contributed by atoms with Crippen LogP contribution in [0.1, 0.15) is 11.1 Å². The Hall–Kier alpha value is -1.04. The molecule has 0 unspecified atom stereocenters. The molecule has 0 aliphatic rings. The van der Waals surface area contributed by atoms with Crippen LogP contribution in [0.2, 0.25) is 0 Å². The lowest BCUT2D eigenvalue weighted by Gasteiger charge is -2.12. The SMILES string of the molecule is C=C(Cl)CNS(=O)(=O)c1c(C)cc(N)cc1C. The van der Waals surface area contributed by atoms with Gasteiger partial charge in [0.05, 0.1) is 4.90 Å². The molecule has 0 amide bonds. The number of aryl methyl sites for hydroxylation is 2. The average molecular weight is 275 g/mol. The number of halogens is 1. The topological polar surface area (TPSA) is 72.2 Å². The molecule has 0 radical (unpaired) electrons. The summed E-state index contributed by atoms with van der Waals surface area (Å²) < 4.78 is 26.5. The Labute approximate surface area is 107 Å². The molecule has 0 saturated carbocycles. The minimum Gasteiger partial charge on any atom is -0.399 e. The Morgan fingerprint density at radius 2 is 1.88 bits per heavy atom. The Morgan fingerprint density at radius 1 is 1.41 bits per heavy atom. The second-order valence-electron chi connectivity index (χ2n) is 3.83. The van der Waals surface area contributed by atoms with Gasteiger partial charge in [-0.3, -0.25) is 0 Å². The van der Waals surface area contributed by atoms with Gasteiger partial charge in [0.15, 0.2) is 0 Å². The summed E-state index contributed by atoms with van der Waals surface area (Å²) >= 11 is 5.53. The average Bonchev–Trinajstić information content (AvgIpc) is 2.12. The minimum atomic E-state index is -3.58. The van der Waals surface area contributed by atoms with E-state index in [9.17, 15) is 8.42 Å². The first-order valence-corrected chi connectivity index (χ1v) is 6.80. The zero-order valence-electron chi connectivity index (χ0n) is 9.75. The summed E-state index contributed by atoms with van der Waals surface area (Å²) in [6, 6.07) is 3.24. The van der Waals surface area contributed by atoms with E-state index in [2.05, 4.69) is 11.3 Å². The Balaban J connectivity index is 3.20. The van der Waals surface area contributed by atoms with Gasteiger partial charge < -0.3 is 5.73 Å². The molecule has 1 aromatic carbocycles. The van der Waals surface area contributed by atoms with Gasteiger partial charge >= 0.3 is 0 Å². The first kappa shape index (κ1) is 14.0. The molecule has 0 saturated heterocycles. The molecule has 0 spiro atoms. The van der Waals surface area contributed by atoms with Gasteiger partial charge in [0.2, 0.25) is 10.0 Å². The van der Waals surface area contributed by atoms with E-state index >= 15 is 0 Å². The van der Waals surface area contributed by atoms with Crippen molar-refractivity contribution in [1.29, 1.82) is 0 Å². The summed E-state index contributed by atoms with van der Waals surface area (Å²) in [5.74, 6) is 0. The van der Waals surface area contributed by atoms with Crippen molar-refractivity contribution >= 4 is 27.3 Å². The highest BCUT2D eigenvalue weighted by Gasteiger charge is 2.19. The molecule has 1 aromatic rings. The van der Waals surface area contributed by atoms with Gasteiger partial charge in [-0.25, -0.2) is 13.1 Å². The van der Waals surface area contributed by atoms with Crippen molar-refractivity contribution in [1.82, 2.24) is 4.72 Å². The third-order valence-corrected chi connectivity index (χ3v) is 4.04. The third-order valence-electron chi connectivity index (χ3n) is 2.21. The summed E-state index contributed by atoms with van der Waals surface area (Å²) in [5, 5.41) is 0.235. The molecule has 0 aromatic heterocycles. The van der Waals surface area contributed by atoms with Crippen LogP contribution in [0.4, 0.5) is 5.69 Å². The fourth-order valence-corrected chi connectivity index (χ4v) is 3.27. The van der Waals surface area contributed by atoms with Crippen molar-refractivity contribution < 1.29 is 8.42 Å². The molecule has 17 heavy (non-hydrogen) atoms. The fraction of sp³-hybridized carbons (Fsp3) is 0.273. The summed E-state index contributed by atoms with van der Waals surface area (Å²) in [7, 11) is -3.58. The predicted octanol–water partition coefficient (Wildman–Crippen LogP) is 1.92. The molecular formula is C11H15ClN2O2S. The normalized spacial score (nSPS) is 11.5. The van der Waals surface area contributed by atoms with E-state index in [4.69, 9.17) is 17.3 Å². The van der Waals surface area contributed by atoms with Crippen molar-refractivity contribution in [2.75, 3.05) is 12.3 Å². The fourth-order valence-electron chi connectivity index (χ4n) is 1.65. The standard InChI is InChI=1S/C11H15ClN2O2S/c1-7-4-10(13)5-8(2)11(7)17(15,16)14-6-9(3)12/h4-5,14H,3,6,13H2,1-2H3. The Kier molecular flexibility index (Phi) is 4.19. The number of nitrogen functional groups attached to an aromatic ring is 1. The number of nitrogens with two attached hydrogens (primary N) is 1. The Bertz CT molecular complexity index is 530. The zero-order valence-corrected chi connectivity index (χ0v) is 11.3. The highest BCUT2D eigenvalue weighted by Crippen LogP contribution is 2.22. The van der Waals surface area contributed by atoms with Gasteiger partial charge in [0, 0.05) is 17.3 Å². The highest BCUT2D eigenvalue weighted by molar-refractivity contribution is 7.89. The van der Waals surface area contributed by atoms with Crippen molar-refractivity contribution in [2.45, 2.75) is 18.7 Å². The van der Waals surface area contributed by atoms with Crippen molar-refractivity contribution in [3.63, 3.8) is 0 Å². The van der Waals surface area contributed by atoms with Gasteiger partial charge in [-0.2, -0.15) is 0 Å². The largest absolute Gasteiger partial charge is 0.399 e. The number of anilines is 1. The van der Waals surface area contributed by atoms with E-state index in [0.29, 0.717) is 16.8 Å². The molecule has 3 N–H and O–H groups in total. The molecule has 0 aliphatic carbocycles. The molecule has 0 aliphatic heterocycles. The second kappa shape index (κ2) is 5.08. The lowest BCUT2D eigenvalue weighted by atomic mass is 10.1. The third kappa shape index (κ3) is 3.46. The lowest BCUT2D eigenvalue weighted by Crippen LogP contribution is -2.26. The lowest BCUT2D eigenvalue weighted by molar-refractivity contribution is 0.584. The van der Waals surface area contributed by atoms with Crippen LogP contribution in [-0.2, 0) is 10.0 Å². The number of rotatable bonds is 4. The first-order chi connectivity index (χ1) is 7.74. The monoisotopic (exact) mass is 274 g/mol. The number of hydrogen-bond acceptors (Lipinski definition) is 3. The maximum atomic E-state index is 12.0. The summed E-state index contributed by atoms with van der Waals surface area (Å²) in [5.41, 5.74) is 7.40. The summed E-state index contributed by atoms with van der Waals surface area (Å²) in [6.45, 7) is 6.84. The van der Waals surface area contributed by atoms with Crippen LogP contribution in [-0.4, -0.2) is 15.0 Å². The second-order valence-corrected chi connectivity index (χ2v) is 6.06. The molecule has 94 valence electrons. The first-order valence-electron chi connectivity index (χ1n) is 4.93. The number of sulfonamides is 1. The number of hydrogen-bond donors (Lipinski definition) is 2. The minimum absolute atomic E-state index is 0.00709. The van der Waals surface area contributed by atoms with Crippen LogP contribution in [0, 0.1) is 13.8 Å². The van der Waals surface area contributed by atoms with Crippen molar-refractivity contribution in [2.24, 2.45) is 0 Å². The van der Waals surface area contributed by atoms with Crippen LogP contribution >= 0.6 is 11.6 Å². The van der Waals surface area contributed by atoms with Crippen molar-refractivity contribution in [3.05, 3.63) is 34.9 Å². The van der Waals surface area contributed by atoms with Crippen molar-refractivity contribution in [3.8, 4) is 0 Å². The van der Waals surface area contributed by atoms with Crippen LogP contribution in [0.5, 0.6) is 0 Å². The molecule has 4 nitrogen and oxygen atoms in total. The van der Waals surface area contributed by atoms with Crippen LogP contribution in [0.3, 0.4) is 0 Å². The molecule has 0 atom stereocenters. The smallest absolute Gasteiger partial charge is 0.241 e. The molecule has 1 rings (SSSR count). The molecular weight excluding hydrogens is 260 g/mol. The van der Waals surface area contributed by atoms with Crippen LogP contribution < -0.4 is 10.5 Å². The summed E-state index contributed by atoms with van der Waals surface area (Å²) in [4.78, 5) is 0.240. The van der Waals surface area contributed by atoms with Crippen LogP contribution in [0.15, 0.2) is 28.6 Å². The summed E-state index contributed by atoms with van der Waals surface area (Å²) in [6.07, 6.45) is 0. The molecule has 0 bridgehead atoms. The maximum absolute atomic E-state index is 12.0. The van der Waals surface area contributed by atoms with Gasteiger partial charge in [-0.1, -0.05) is 18.2 Å². The zero-order chi connectivity index (χ0) is 13.2. The van der Waals surface area contributed by atoms with E-state index < -0.39 is 10.0 Å².